The maximum atomic E-state index is 13.0. The number of anilines is 2. The minimum Gasteiger partial charge on any atom is -0.496 e. The minimum absolute atomic E-state index is 0.0875. The Bertz CT molecular complexity index is 838. The summed E-state index contributed by atoms with van der Waals surface area (Å²) in [6.45, 7) is 4.34. The molecule has 1 aliphatic heterocycles. The summed E-state index contributed by atoms with van der Waals surface area (Å²) < 4.78 is 10.7. The quantitative estimate of drug-likeness (QED) is 0.859. The van der Waals surface area contributed by atoms with Crippen LogP contribution in [0.15, 0.2) is 42.5 Å². The standard InChI is InChI=1S/C21H25N3O4/c1-15(25)23-11-13-24(14-12-23)17-8-5-4-7-16(17)22-21(26)20-18(27-2)9-6-10-19(20)28-3/h4-10H,11-14H2,1-3H3,(H,22,26). The first kappa shape index (κ1) is 19.5. The van der Waals surface area contributed by atoms with Crippen LogP contribution < -0.4 is 19.7 Å². The SMILES string of the molecule is COc1cccc(OC)c1C(=O)Nc1ccccc1N1CCN(C(C)=O)CC1. The van der Waals surface area contributed by atoms with E-state index >= 15 is 0 Å². The van der Waals surface area contributed by atoms with Crippen molar-refractivity contribution in [1.29, 1.82) is 0 Å². The summed E-state index contributed by atoms with van der Waals surface area (Å²) >= 11 is 0. The van der Waals surface area contributed by atoms with Gasteiger partial charge >= 0.3 is 0 Å². The summed E-state index contributed by atoms with van der Waals surface area (Å²) in [5.41, 5.74) is 1.98. The lowest BCUT2D eigenvalue weighted by Crippen LogP contribution is -2.48. The molecular formula is C21H25N3O4. The summed E-state index contributed by atoms with van der Waals surface area (Å²) in [5, 5.41) is 2.99. The molecule has 0 aliphatic carbocycles. The largest absolute Gasteiger partial charge is 0.496 e. The van der Waals surface area contributed by atoms with Gasteiger partial charge < -0.3 is 24.6 Å². The third-order valence-electron chi connectivity index (χ3n) is 4.87. The number of nitrogens with zero attached hydrogens (tertiary/aromatic N) is 2. The smallest absolute Gasteiger partial charge is 0.263 e. The lowest BCUT2D eigenvalue weighted by Gasteiger charge is -2.36. The molecule has 1 heterocycles. The molecular weight excluding hydrogens is 358 g/mol. The van der Waals surface area contributed by atoms with Crippen molar-refractivity contribution >= 4 is 23.2 Å². The number of rotatable bonds is 5. The van der Waals surface area contributed by atoms with Gasteiger partial charge in [0.15, 0.2) is 0 Å². The number of benzene rings is 2. The fraction of sp³-hybridized carbons (Fsp3) is 0.333. The van der Waals surface area contributed by atoms with Gasteiger partial charge in [0.25, 0.3) is 5.91 Å². The van der Waals surface area contributed by atoms with Crippen LogP contribution in [0, 0.1) is 0 Å². The normalized spacial score (nSPS) is 13.8. The van der Waals surface area contributed by atoms with Crippen LogP contribution >= 0.6 is 0 Å². The molecule has 1 fully saturated rings. The number of ether oxygens (including phenoxy) is 2. The highest BCUT2D eigenvalue weighted by molar-refractivity contribution is 6.09. The Morgan fingerprint density at radius 1 is 0.893 bits per heavy atom. The monoisotopic (exact) mass is 383 g/mol. The van der Waals surface area contributed by atoms with E-state index < -0.39 is 0 Å². The molecule has 0 atom stereocenters. The maximum Gasteiger partial charge on any atom is 0.263 e. The number of hydrogen-bond donors (Lipinski definition) is 1. The molecule has 0 radical (unpaired) electrons. The van der Waals surface area contributed by atoms with E-state index in [1.165, 1.54) is 14.2 Å². The van der Waals surface area contributed by atoms with Gasteiger partial charge in [0.2, 0.25) is 5.91 Å². The molecule has 0 bridgehead atoms. The van der Waals surface area contributed by atoms with Crippen LogP contribution in [0.1, 0.15) is 17.3 Å². The van der Waals surface area contributed by atoms with E-state index in [2.05, 4.69) is 10.2 Å². The molecule has 1 N–H and O–H groups in total. The number of para-hydroxylation sites is 2. The molecule has 0 saturated carbocycles. The fourth-order valence-electron chi connectivity index (χ4n) is 3.38. The fourth-order valence-corrected chi connectivity index (χ4v) is 3.38. The Kier molecular flexibility index (Phi) is 6.03. The first-order valence-corrected chi connectivity index (χ1v) is 9.17. The number of methoxy groups -OCH3 is 2. The lowest BCUT2D eigenvalue weighted by atomic mass is 10.1. The lowest BCUT2D eigenvalue weighted by molar-refractivity contribution is -0.129. The highest BCUT2D eigenvalue weighted by Gasteiger charge is 2.23. The summed E-state index contributed by atoms with van der Waals surface area (Å²) in [7, 11) is 3.04. The zero-order valence-corrected chi connectivity index (χ0v) is 16.4. The van der Waals surface area contributed by atoms with Crippen molar-refractivity contribution in [3.05, 3.63) is 48.0 Å². The Morgan fingerprint density at radius 3 is 2.07 bits per heavy atom. The topological polar surface area (TPSA) is 71.1 Å². The van der Waals surface area contributed by atoms with Gasteiger partial charge in [-0.05, 0) is 24.3 Å². The molecule has 28 heavy (non-hydrogen) atoms. The van der Waals surface area contributed by atoms with Gasteiger partial charge in [-0.1, -0.05) is 18.2 Å². The Hall–Kier alpha value is -3.22. The van der Waals surface area contributed by atoms with Crippen LogP contribution in [0.2, 0.25) is 0 Å². The summed E-state index contributed by atoms with van der Waals surface area (Å²) in [5.74, 6) is 0.683. The van der Waals surface area contributed by atoms with E-state index in [1.54, 1.807) is 25.1 Å². The van der Waals surface area contributed by atoms with Gasteiger partial charge in [0.1, 0.15) is 17.1 Å². The van der Waals surface area contributed by atoms with Crippen LogP contribution in [0.4, 0.5) is 11.4 Å². The van der Waals surface area contributed by atoms with Crippen molar-refractivity contribution in [2.75, 3.05) is 50.6 Å². The molecule has 1 aliphatic rings. The molecule has 2 aromatic rings. The van der Waals surface area contributed by atoms with Crippen molar-refractivity contribution in [2.24, 2.45) is 0 Å². The van der Waals surface area contributed by atoms with Gasteiger partial charge in [-0.2, -0.15) is 0 Å². The zero-order valence-electron chi connectivity index (χ0n) is 16.4. The average molecular weight is 383 g/mol. The Labute approximate surface area is 164 Å². The van der Waals surface area contributed by atoms with Crippen LogP contribution in [0.3, 0.4) is 0 Å². The van der Waals surface area contributed by atoms with Gasteiger partial charge in [-0.15, -0.1) is 0 Å². The van der Waals surface area contributed by atoms with Crippen molar-refractivity contribution in [2.45, 2.75) is 6.92 Å². The second-order valence-electron chi connectivity index (χ2n) is 6.50. The van der Waals surface area contributed by atoms with E-state index in [9.17, 15) is 9.59 Å². The van der Waals surface area contributed by atoms with Crippen LogP contribution in [0.5, 0.6) is 11.5 Å². The van der Waals surface area contributed by atoms with Crippen LogP contribution in [0.25, 0.3) is 0 Å². The maximum absolute atomic E-state index is 13.0. The predicted molar refractivity (Wildman–Crippen MR) is 108 cm³/mol. The molecule has 7 heteroatoms. The molecule has 2 amide bonds. The first-order valence-electron chi connectivity index (χ1n) is 9.17. The van der Waals surface area contributed by atoms with Crippen molar-refractivity contribution < 1.29 is 19.1 Å². The zero-order chi connectivity index (χ0) is 20.1. The van der Waals surface area contributed by atoms with E-state index in [4.69, 9.17) is 9.47 Å². The summed E-state index contributed by atoms with van der Waals surface area (Å²) in [6.07, 6.45) is 0. The third kappa shape index (κ3) is 4.03. The third-order valence-corrected chi connectivity index (χ3v) is 4.87. The molecule has 3 rings (SSSR count). The summed E-state index contributed by atoms with van der Waals surface area (Å²) in [4.78, 5) is 28.6. The van der Waals surface area contributed by atoms with E-state index in [1.807, 2.05) is 29.2 Å². The minimum atomic E-state index is -0.302. The van der Waals surface area contributed by atoms with Crippen LogP contribution in [-0.4, -0.2) is 57.1 Å². The van der Waals surface area contributed by atoms with Crippen molar-refractivity contribution in [1.82, 2.24) is 4.90 Å². The second kappa shape index (κ2) is 8.65. The average Bonchev–Trinajstić information content (AvgIpc) is 2.73. The second-order valence-corrected chi connectivity index (χ2v) is 6.50. The van der Waals surface area contributed by atoms with E-state index in [-0.39, 0.29) is 11.8 Å². The van der Waals surface area contributed by atoms with Gasteiger partial charge in [-0.3, -0.25) is 9.59 Å². The van der Waals surface area contributed by atoms with Gasteiger partial charge in [-0.25, -0.2) is 0 Å². The molecule has 7 nitrogen and oxygen atoms in total. The molecule has 2 aromatic carbocycles. The highest BCUT2D eigenvalue weighted by Crippen LogP contribution is 2.31. The highest BCUT2D eigenvalue weighted by atomic mass is 16.5. The molecule has 0 unspecified atom stereocenters. The first-order chi connectivity index (χ1) is 13.5. The van der Waals surface area contributed by atoms with E-state index in [0.29, 0.717) is 48.9 Å². The van der Waals surface area contributed by atoms with Crippen molar-refractivity contribution in [3.63, 3.8) is 0 Å². The number of nitrogens with one attached hydrogen (secondary N) is 1. The number of amides is 2. The van der Waals surface area contributed by atoms with Gasteiger partial charge in [0, 0.05) is 33.1 Å². The number of carbonyl (C=O) groups is 2. The van der Waals surface area contributed by atoms with Crippen LogP contribution in [-0.2, 0) is 4.79 Å². The molecule has 1 saturated heterocycles. The molecule has 0 aromatic heterocycles. The summed E-state index contributed by atoms with van der Waals surface area (Å²) in [6, 6.07) is 12.9. The van der Waals surface area contributed by atoms with Crippen molar-refractivity contribution in [3.8, 4) is 11.5 Å². The Balaban J connectivity index is 1.83. The Morgan fingerprint density at radius 2 is 1.50 bits per heavy atom. The molecule has 148 valence electrons. The number of hydrogen-bond acceptors (Lipinski definition) is 5. The predicted octanol–water partition coefficient (Wildman–Crippen LogP) is 2.62. The van der Waals surface area contributed by atoms with E-state index in [0.717, 1.165) is 5.69 Å². The number of piperazine rings is 1. The molecule has 0 spiro atoms. The number of carbonyl (C=O) groups excluding carboxylic acids is 2. The van der Waals surface area contributed by atoms with Gasteiger partial charge in [0.05, 0.1) is 25.6 Å².